The van der Waals surface area contributed by atoms with E-state index in [0.717, 1.165) is 11.1 Å². The molecule has 1 aromatic heterocycles. The van der Waals surface area contributed by atoms with Gasteiger partial charge in [-0.2, -0.15) is 0 Å². The van der Waals surface area contributed by atoms with Crippen molar-refractivity contribution in [3.63, 3.8) is 0 Å². The smallest absolute Gasteiger partial charge is 0.336 e. The molecule has 0 aliphatic carbocycles. The standard InChI is InChI=1S/C25H20FNO4/c1-3-31-24-18(11-10-17(23(24)30-2)15-7-5-4-6-8-15)22-14-20(25(28)29)19-13-16(26)9-12-21(19)27-22/h4-14H,3H2,1-2H3,(H,28,29). The number of carbonyl (C=O) groups is 1. The number of carboxylic acids is 1. The fourth-order valence-corrected chi connectivity index (χ4v) is 3.61. The molecule has 6 heteroatoms. The number of aromatic carboxylic acids is 1. The highest BCUT2D eigenvalue weighted by Crippen LogP contribution is 2.45. The fraction of sp³-hybridized carbons (Fsp3) is 0.120. The topological polar surface area (TPSA) is 68.7 Å². The molecule has 156 valence electrons. The molecule has 0 amide bonds. The van der Waals surface area contributed by atoms with Crippen LogP contribution in [-0.2, 0) is 0 Å². The average Bonchev–Trinajstić information content (AvgIpc) is 2.78. The van der Waals surface area contributed by atoms with Crippen LogP contribution in [0.2, 0.25) is 0 Å². The number of ether oxygens (including phenoxy) is 2. The number of benzene rings is 3. The van der Waals surface area contributed by atoms with Crippen molar-refractivity contribution >= 4 is 16.9 Å². The number of halogens is 1. The van der Waals surface area contributed by atoms with Crippen molar-refractivity contribution < 1.29 is 23.8 Å². The molecule has 0 aliphatic rings. The summed E-state index contributed by atoms with van der Waals surface area (Å²) in [6.07, 6.45) is 0. The zero-order valence-corrected chi connectivity index (χ0v) is 17.1. The summed E-state index contributed by atoms with van der Waals surface area (Å²) in [4.78, 5) is 16.5. The van der Waals surface area contributed by atoms with Crippen LogP contribution in [0.15, 0.2) is 66.7 Å². The molecule has 1 N–H and O–H groups in total. The lowest BCUT2D eigenvalue weighted by atomic mass is 9.98. The first kappa shape index (κ1) is 20.3. The predicted octanol–water partition coefficient (Wildman–Crippen LogP) is 5.81. The first-order valence-corrected chi connectivity index (χ1v) is 9.76. The lowest BCUT2D eigenvalue weighted by Gasteiger charge is -2.18. The Morgan fingerprint density at radius 1 is 1.00 bits per heavy atom. The maximum absolute atomic E-state index is 13.7. The van der Waals surface area contributed by atoms with Crippen LogP contribution in [-0.4, -0.2) is 29.8 Å². The van der Waals surface area contributed by atoms with E-state index in [1.807, 2.05) is 49.4 Å². The van der Waals surface area contributed by atoms with Crippen LogP contribution < -0.4 is 9.47 Å². The van der Waals surface area contributed by atoms with Gasteiger partial charge in [0.25, 0.3) is 0 Å². The van der Waals surface area contributed by atoms with Gasteiger partial charge in [-0.1, -0.05) is 30.3 Å². The minimum atomic E-state index is -1.16. The van der Waals surface area contributed by atoms with Gasteiger partial charge >= 0.3 is 5.97 Å². The van der Waals surface area contributed by atoms with Gasteiger partial charge in [-0.25, -0.2) is 14.2 Å². The molecule has 5 nitrogen and oxygen atoms in total. The van der Waals surface area contributed by atoms with Gasteiger partial charge in [0.1, 0.15) is 5.82 Å². The molecule has 0 fully saturated rings. The second-order valence-electron chi connectivity index (χ2n) is 6.84. The lowest BCUT2D eigenvalue weighted by Crippen LogP contribution is -2.03. The van der Waals surface area contributed by atoms with E-state index in [-0.39, 0.29) is 10.9 Å². The Balaban J connectivity index is 1.99. The fourth-order valence-electron chi connectivity index (χ4n) is 3.61. The molecule has 31 heavy (non-hydrogen) atoms. The van der Waals surface area contributed by atoms with E-state index in [0.29, 0.717) is 34.9 Å². The van der Waals surface area contributed by atoms with Crippen LogP contribution in [0.4, 0.5) is 4.39 Å². The number of carboxylic acid groups (broad SMARTS) is 1. The van der Waals surface area contributed by atoms with Crippen LogP contribution in [0.3, 0.4) is 0 Å². The number of fused-ring (bicyclic) bond motifs is 1. The van der Waals surface area contributed by atoms with E-state index >= 15 is 0 Å². The van der Waals surface area contributed by atoms with Crippen molar-refractivity contribution in [2.45, 2.75) is 6.92 Å². The molecular formula is C25H20FNO4. The van der Waals surface area contributed by atoms with E-state index < -0.39 is 11.8 Å². The van der Waals surface area contributed by atoms with Gasteiger partial charge in [-0.05, 0) is 48.9 Å². The zero-order chi connectivity index (χ0) is 22.0. The summed E-state index contributed by atoms with van der Waals surface area (Å²) in [6, 6.07) is 18.8. The summed E-state index contributed by atoms with van der Waals surface area (Å²) in [7, 11) is 1.56. The van der Waals surface area contributed by atoms with Crippen LogP contribution in [0.25, 0.3) is 33.3 Å². The molecule has 4 aromatic rings. The van der Waals surface area contributed by atoms with Gasteiger partial charge in [-0.15, -0.1) is 0 Å². The summed E-state index contributed by atoms with van der Waals surface area (Å²) in [5.74, 6) is -0.682. The molecule has 0 saturated heterocycles. The first-order valence-electron chi connectivity index (χ1n) is 9.76. The van der Waals surface area contributed by atoms with Gasteiger partial charge in [0.15, 0.2) is 11.5 Å². The van der Waals surface area contributed by atoms with E-state index in [1.165, 1.54) is 24.3 Å². The van der Waals surface area contributed by atoms with Crippen LogP contribution in [0.5, 0.6) is 11.5 Å². The van der Waals surface area contributed by atoms with Gasteiger partial charge in [0.2, 0.25) is 0 Å². The summed E-state index contributed by atoms with van der Waals surface area (Å²) < 4.78 is 25.4. The Morgan fingerprint density at radius 3 is 2.42 bits per heavy atom. The average molecular weight is 417 g/mol. The molecule has 1 heterocycles. The van der Waals surface area contributed by atoms with Crippen LogP contribution in [0, 0.1) is 5.82 Å². The molecule has 4 rings (SSSR count). The highest BCUT2D eigenvalue weighted by atomic mass is 19.1. The number of rotatable bonds is 6. The number of hydrogen-bond donors (Lipinski definition) is 1. The van der Waals surface area contributed by atoms with E-state index in [9.17, 15) is 14.3 Å². The number of pyridine rings is 1. The quantitative estimate of drug-likeness (QED) is 0.429. The van der Waals surface area contributed by atoms with Gasteiger partial charge < -0.3 is 14.6 Å². The molecule has 0 bridgehead atoms. The SMILES string of the molecule is CCOc1c(-c2cc(C(=O)O)c3cc(F)ccc3n2)ccc(-c2ccccc2)c1OC. The Morgan fingerprint density at radius 2 is 1.74 bits per heavy atom. The second-order valence-corrected chi connectivity index (χ2v) is 6.84. The normalized spacial score (nSPS) is 10.8. The number of hydrogen-bond acceptors (Lipinski definition) is 4. The Hall–Kier alpha value is -3.93. The van der Waals surface area contributed by atoms with Gasteiger partial charge in [0, 0.05) is 16.5 Å². The van der Waals surface area contributed by atoms with Crippen LogP contribution >= 0.6 is 0 Å². The highest BCUT2D eigenvalue weighted by Gasteiger charge is 2.21. The summed E-state index contributed by atoms with van der Waals surface area (Å²) in [5, 5.41) is 9.94. The third-order valence-corrected chi connectivity index (χ3v) is 4.97. The number of nitrogens with zero attached hydrogens (tertiary/aromatic N) is 1. The summed E-state index contributed by atoms with van der Waals surface area (Å²) >= 11 is 0. The summed E-state index contributed by atoms with van der Waals surface area (Å²) in [6.45, 7) is 2.24. The maximum Gasteiger partial charge on any atom is 0.336 e. The van der Waals surface area contributed by atoms with E-state index in [4.69, 9.17) is 9.47 Å². The molecule has 0 saturated carbocycles. The Bertz CT molecular complexity index is 1270. The first-order chi connectivity index (χ1) is 15.0. The van der Waals surface area contributed by atoms with E-state index in [2.05, 4.69) is 4.98 Å². The Kier molecular flexibility index (Phi) is 5.54. The van der Waals surface area contributed by atoms with Crippen molar-refractivity contribution in [1.82, 2.24) is 4.98 Å². The third-order valence-electron chi connectivity index (χ3n) is 4.97. The maximum atomic E-state index is 13.7. The molecule has 0 atom stereocenters. The van der Waals surface area contributed by atoms with Gasteiger partial charge in [-0.3, -0.25) is 0 Å². The van der Waals surface area contributed by atoms with Gasteiger partial charge in [0.05, 0.1) is 30.5 Å². The second kappa shape index (κ2) is 8.44. The monoisotopic (exact) mass is 417 g/mol. The molecule has 3 aromatic carbocycles. The minimum Gasteiger partial charge on any atom is -0.492 e. The molecule has 0 aliphatic heterocycles. The van der Waals surface area contributed by atoms with Crippen molar-refractivity contribution in [2.75, 3.05) is 13.7 Å². The lowest BCUT2D eigenvalue weighted by molar-refractivity contribution is 0.0699. The predicted molar refractivity (Wildman–Crippen MR) is 117 cm³/mol. The molecular weight excluding hydrogens is 397 g/mol. The molecule has 0 spiro atoms. The highest BCUT2D eigenvalue weighted by molar-refractivity contribution is 6.04. The van der Waals surface area contributed by atoms with Crippen LogP contribution in [0.1, 0.15) is 17.3 Å². The largest absolute Gasteiger partial charge is 0.492 e. The van der Waals surface area contributed by atoms with Crippen molar-refractivity contribution in [3.05, 3.63) is 78.1 Å². The Labute approximate surface area is 178 Å². The third kappa shape index (κ3) is 3.80. The number of aromatic nitrogens is 1. The van der Waals surface area contributed by atoms with Crippen molar-refractivity contribution in [2.24, 2.45) is 0 Å². The molecule has 0 unspecified atom stereocenters. The summed E-state index contributed by atoms with van der Waals surface area (Å²) in [5.41, 5.74) is 3.14. The molecule has 0 radical (unpaired) electrons. The van der Waals surface area contributed by atoms with E-state index in [1.54, 1.807) is 7.11 Å². The van der Waals surface area contributed by atoms with Crippen molar-refractivity contribution in [3.8, 4) is 33.9 Å². The minimum absolute atomic E-state index is 0.0342. The zero-order valence-electron chi connectivity index (χ0n) is 17.1. The number of methoxy groups -OCH3 is 1. The van der Waals surface area contributed by atoms with Crippen molar-refractivity contribution in [1.29, 1.82) is 0 Å².